The van der Waals surface area contributed by atoms with Gasteiger partial charge in [0.2, 0.25) is 5.96 Å². The summed E-state index contributed by atoms with van der Waals surface area (Å²) in [5.74, 6) is 4.30. The molecule has 0 aliphatic carbocycles. The van der Waals surface area contributed by atoms with Gasteiger partial charge in [0.1, 0.15) is 0 Å². The normalized spacial score (nSPS) is 17.5. The number of nitrogens with zero attached hydrogens (tertiary/aromatic N) is 3. The molecule has 1 fully saturated rings. The number of aliphatic imine (C=N–C) groups is 1. The van der Waals surface area contributed by atoms with Gasteiger partial charge in [0.25, 0.3) is 0 Å². The summed E-state index contributed by atoms with van der Waals surface area (Å²) in [6.45, 7) is 7.14. The third-order valence-electron chi connectivity index (χ3n) is 2.91. The first kappa shape index (κ1) is 13.9. The molecule has 3 heteroatoms. The van der Waals surface area contributed by atoms with Crippen LogP contribution in [-0.2, 0) is 0 Å². The van der Waals surface area contributed by atoms with Crippen LogP contribution in [0, 0.1) is 12.0 Å². The molecule has 3 nitrogen and oxygen atoms in total. The fourth-order valence-corrected chi connectivity index (χ4v) is 1.90. The zero-order valence-corrected chi connectivity index (χ0v) is 11.5. The number of hydrogen-bond donors (Lipinski definition) is 0. The predicted molar refractivity (Wildman–Crippen MR) is 73.8 cm³/mol. The molecule has 0 amide bonds. The third-order valence-corrected chi connectivity index (χ3v) is 2.91. The number of guanidine groups is 1. The Kier molecular flexibility index (Phi) is 6.54. The molecule has 1 saturated heterocycles. The van der Waals surface area contributed by atoms with E-state index in [-0.39, 0.29) is 0 Å². The lowest BCUT2D eigenvalue weighted by Gasteiger charge is -2.14. The number of hydrogen-bond acceptors (Lipinski definition) is 1. The lowest BCUT2D eigenvalue weighted by Crippen LogP contribution is -2.28. The first-order valence-corrected chi connectivity index (χ1v) is 6.81. The van der Waals surface area contributed by atoms with Crippen molar-refractivity contribution in [3.05, 3.63) is 0 Å². The molecule has 1 heterocycles. The second kappa shape index (κ2) is 8.00. The maximum atomic E-state index is 4.48. The Morgan fingerprint density at radius 1 is 1.18 bits per heavy atom. The van der Waals surface area contributed by atoms with Crippen LogP contribution in [0.3, 0.4) is 0 Å². The molecule has 0 saturated carbocycles. The predicted octanol–water partition coefficient (Wildman–Crippen LogP) is 2.54. The van der Waals surface area contributed by atoms with Crippen LogP contribution < -0.4 is 0 Å². The van der Waals surface area contributed by atoms with Crippen molar-refractivity contribution in [3.63, 3.8) is 0 Å². The summed E-state index contributed by atoms with van der Waals surface area (Å²) in [6, 6.07) is 3.23. The lowest BCUT2D eigenvalue weighted by molar-refractivity contribution is 0.560. The Balaban J connectivity index is 2.35. The average Bonchev–Trinajstić information content (AvgIpc) is 2.66. The quantitative estimate of drug-likeness (QED) is 0.539. The molecular weight excluding hydrogens is 210 g/mol. The summed E-state index contributed by atoms with van der Waals surface area (Å²) < 4.78 is 0. The highest BCUT2D eigenvalue weighted by Crippen LogP contribution is 2.06. The fourth-order valence-electron chi connectivity index (χ4n) is 1.90. The van der Waals surface area contributed by atoms with Gasteiger partial charge < -0.3 is 4.90 Å². The first-order valence-electron chi connectivity index (χ1n) is 6.81. The van der Waals surface area contributed by atoms with Gasteiger partial charge in [-0.25, -0.2) is 0 Å². The Bertz CT molecular complexity index is 298. The molecular formula is C14H25N3. The van der Waals surface area contributed by atoms with Crippen LogP contribution in [0.5, 0.6) is 0 Å². The fraction of sp³-hybridized carbons (Fsp3) is 0.786. The number of rotatable bonds is 5. The van der Waals surface area contributed by atoms with Gasteiger partial charge in [0, 0.05) is 32.6 Å². The van der Waals surface area contributed by atoms with Crippen molar-refractivity contribution < 1.29 is 0 Å². The molecule has 0 atom stereocenters. The van der Waals surface area contributed by atoms with Gasteiger partial charge in [-0.2, -0.15) is 0 Å². The second-order valence-corrected chi connectivity index (χ2v) is 4.45. The Morgan fingerprint density at radius 2 is 2.00 bits per heavy atom. The Hall–Kier alpha value is -1.17. The van der Waals surface area contributed by atoms with Gasteiger partial charge in [-0.05, 0) is 13.3 Å². The van der Waals surface area contributed by atoms with E-state index < -0.39 is 0 Å². The smallest absolute Gasteiger partial charge is 0.208 e. The van der Waals surface area contributed by atoms with Crippen molar-refractivity contribution in [2.24, 2.45) is 4.99 Å². The van der Waals surface area contributed by atoms with Crippen LogP contribution in [0.1, 0.15) is 46.0 Å². The van der Waals surface area contributed by atoms with Gasteiger partial charge in [0.05, 0.1) is 6.54 Å². The zero-order chi connectivity index (χ0) is 12.5. The molecule has 17 heavy (non-hydrogen) atoms. The molecule has 0 aromatic carbocycles. The van der Waals surface area contributed by atoms with Crippen molar-refractivity contribution in [1.82, 2.24) is 9.80 Å². The van der Waals surface area contributed by atoms with Crippen molar-refractivity contribution in [2.45, 2.75) is 46.0 Å². The standard InChI is InChI=1S/C14H25N3/c1-4-6-7-8-9-10-11-17-13-12-16(3)14(17)15-5-2/h4-9,12-13H2,1-3H3/b15-14+. The molecule has 1 aliphatic heterocycles. The highest BCUT2D eigenvalue weighted by Gasteiger charge is 2.21. The summed E-state index contributed by atoms with van der Waals surface area (Å²) in [4.78, 5) is 8.74. The topological polar surface area (TPSA) is 18.8 Å². The largest absolute Gasteiger partial charge is 0.343 e. The van der Waals surface area contributed by atoms with Crippen LogP contribution >= 0.6 is 0 Å². The third kappa shape index (κ3) is 4.68. The molecule has 1 rings (SSSR count). The molecule has 0 radical (unpaired) electrons. The van der Waals surface area contributed by atoms with Crippen LogP contribution in [0.15, 0.2) is 4.99 Å². The molecule has 0 spiro atoms. The van der Waals surface area contributed by atoms with Crippen LogP contribution in [-0.4, -0.2) is 42.4 Å². The minimum Gasteiger partial charge on any atom is -0.343 e. The van der Waals surface area contributed by atoms with E-state index in [1.807, 2.05) is 0 Å². The average molecular weight is 235 g/mol. The second-order valence-electron chi connectivity index (χ2n) is 4.45. The molecule has 0 unspecified atom stereocenters. The summed E-state index contributed by atoms with van der Waals surface area (Å²) in [6.07, 6.45) is 6.17. The first-order chi connectivity index (χ1) is 8.29. The summed E-state index contributed by atoms with van der Waals surface area (Å²) in [7, 11) is 2.08. The monoisotopic (exact) mass is 235 g/mol. The van der Waals surface area contributed by atoms with Crippen molar-refractivity contribution >= 4 is 5.96 Å². The minimum atomic E-state index is 0.828. The van der Waals surface area contributed by atoms with E-state index in [0.717, 1.165) is 32.0 Å². The van der Waals surface area contributed by atoms with Crippen LogP contribution in [0.25, 0.3) is 0 Å². The van der Waals surface area contributed by atoms with Gasteiger partial charge >= 0.3 is 0 Å². The van der Waals surface area contributed by atoms with Gasteiger partial charge in [-0.3, -0.25) is 9.89 Å². The molecule has 0 N–H and O–H groups in total. The van der Waals surface area contributed by atoms with Crippen LogP contribution in [0.4, 0.5) is 0 Å². The molecule has 0 aromatic heterocycles. The highest BCUT2D eigenvalue weighted by atomic mass is 15.4. The summed E-state index contributed by atoms with van der Waals surface area (Å²) in [5.41, 5.74) is 0. The summed E-state index contributed by atoms with van der Waals surface area (Å²) in [5, 5.41) is 0. The zero-order valence-electron chi connectivity index (χ0n) is 11.5. The van der Waals surface area contributed by atoms with Crippen molar-refractivity contribution in [2.75, 3.05) is 26.7 Å². The van der Waals surface area contributed by atoms with Gasteiger partial charge in [-0.1, -0.05) is 32.1 Å². The van der Waals surface area contributed by atoms with Crippen molar-refractivity contribution in [3.8, 4) is 12.0 Å². The van der Waals surface area contributed by atoms with Crippen LogP contribution in [0.2, 0.25) is 0 Å². The number of unbranched alkanes of at least 4 members (excludes halogenated alkanes) is 4. The molecule has 1 aliphatic rings. The number of likely N-dealkylation sites (N-methyl/N-ethyl adjacent to an activating group) is 1. The van der Waals surface area contributed by atoms with E-state index in [9.17, 15) is 0 Å². The molecule has 0 bridgehead atoms. The maximum absolute atomic E-state index is 4.48. The highest BCUT2D eigenvalue weighted by molar-refractivity contribution is 5.83. The van der Waals surface area contributed by atoms with E-state index >= 15 is 0 Å². The lowest BCUT2D eigenvalue weighted by atomic mass is 10.2. The van der Waals surface area contributed by atoms with E-state index in [4.69, 9.17) is 0 Å². The maximum Gasteiger partial charge on any atom is 0.208 e. The van der Waals surface area contributed by atoms with E-state index in [1.54, 1.807) is 0 Å². The molecule has 96 valence electrons. The Labute approximate surface area is 106 Å². The minimum absolute atomic E-state index is 0.828. The van der Waals surface area contributed by atoms with Gasteiger partial charge in [0.15, 0.2) is 0 Å². The van der Waals surface area contributed by atoms with E-state index in [1.165, 1.54) is 25.7 Å². The Morgan fingerprint density at radius 3 is 2.71 bits per heavy atom. The van der Waals surface area contributed by atoms with E-state index in [2.05, 4.69) is 47.7 Å². The van der Waals surface area contributed by atoms with Crippen molar-refractivity contribution in [1.29, 1.82) is 0 Å². The SMILES string of the molecule is CCCCCCC#CN1CCN(C)/C1=N\CC. The summed E-state index contributed by atoms with van der Waals surface area (Å²) >= 11 is 0. The van der Waals surface area contributed by atoms with Gasteiger partial charge in [-0.15, -0.1) is 0 Å². The van der Waals surface area contributed by atoms with E-state index in [0.29, 0.717) is 0 Å². The molecule has 0 aromatic rings.